The maximum absolute atomic E-state index is 5.32. The molecule has 0 spiro atoms. The molecular weight excluding hydrogens is 953 g/mol. The zero-order chi connectivity index (χ0) is 53.4. The molecular formula is C70H64N8. The monoisotopic (exact) mass is 1020 g/mol. The molecule has 0 N–H and O–H groups in total. The van der Waals surface area contributed by atoms with Gasteiger partial charge in [0.05, 0.1) is 6.54 Å². The summed E-state index contributed by atoms with van der Waals surface area (Å²) in [4.78, 5) is 31.9. The van der Waals surface area contributed by atoms with Crippen molar-refractivity contribution in [3.63, 3.8) is 0 Å². The molecule has 8 nitrogen and oxygen atoms in total. The van der Waals surface area contributed by atoms with Crippen LogP contribution in [0.4, 0.5) is 17.1 Å². The molecule has 1 unspecified atom stereocenters. The Morgan fingerprint density at radius 3 is 2.01 bits per heavy atom. The molecule has 4 aliphatic rings. The molecule has 0 radical (unpaired) electrons. The summed E-state index contributed by atoms with van der Waals surface area (Å²) in [6.07, 6.45) is 27.2. The molecule has 6 aromatic carbocycles. The van der Waals surface area contributed by atoms with E-state index in [1.165, 1.54) is 56.2 Å². The van der Waals surface area contributed by atoms with E-state index in [0.717, 1.165) is 83.4 Å². The zero-order valence-electron chi connectivity index (χ0n) is 44.8. The van der Waals surface area contributed by atoms with Gasteiger partial charge in [0.15, 0.2) is 17.5 Å². The summed E-state index contributed by atoms with van der Waals surface area (Å²) < 4.78 is 0. The minimum Gasteiger partial charge on any atom is -0.334 e. The molecule has 2 aliphatic carbocycles. The van der Waals surface area contributed by atoms with Gasteiger partial charge in [-0.25, -0.2) is 15.0 Å². The average Bonchev–Trinajstić information content (AvgIpc) is 3.51. The van der Waals surface area contributed by atoms with Crippen LogP contribution < -0.4 is 4.90 Å². The van der Waals surface area contributed by atoms with Crippen LogP contribution in [0, 0.1) is 0 Å². The Morgan fingerprint density at radius 2 is 1.36 bits per heavy atom. The number of hydrogen-bond acceptors (Lipinski definition) is 7. The second-order valence-corrected chi connectivity index (χ2v) is 20.1. The maximum atomic E-state index is 5.32. The fourth-order valence-electron chi connectivity index (χ4n) is 11.1. The number of para-hydroxylation sites is 1. The normalized spacial score (nSPS) is 15.9. The topological polar surface area (TPSA) is 73.1 Å². The van der Waals surface area contributed by atoms with Gasteiger partial charge >= 0.3 is 0 Å². The Kier molecular flexibility index (Phi) is 15.2. The van der Waals surface area contributed by atoms with Crippen LogP contribution >= 0.6 is 0 Å². The van der Waals surface area contributed by atoms with Crippen LogP contribution in [0.25, 0.3) is 39.7 Å². The lowest BCUT2D eigenvalue weighted by Crippen LogP contribution is -2.38. The largest absolute Gasteiger partial charge is 0.334 e. The van der Waals surface area contributed by atoms with Crippen molar-refractivity contribution >= 4 is 35.2 Å². The zero-order valence-corrected chi connectivity index (χ0v) is 44.8. The van der Waals surface area contributed by atoms with Crippen molar-refractivity contribution < 1.29 is 0 Å². The lowest BCUT2D eigenvalue weighted by atomic mass is 9.84. The highest BCUT2D eigenvalue weighted by Gasteiger charge is 2.29. The predicted octanol–water partition coefficient (Wildman–Crippen LogP) is 16.7. The van der Waals surface area contributed by atoms with Crippen LogP contribution in [0.1, 0.15) is 68.2 Å². The number of aliphatic imine (C=N–C) groups is 2. The van der Waals surface area contributed by atoms with Gasteiger partial charge in [0.25, 0.3) is 0 Å². The molecule has 0 bridgehead atoms. The van der Waals surface area contributed by atoms with Crippen LogP contribution in [0.15, 0.2) is 269 Å². The SMILES string of the molecule is C=C/C=C(\C=C/N1C2=C(CCC(c3ccc4c(c3)Cc3ccccc3N4c3ccc(-c4nc(-c5ccccc5)nc(-c5ccccc5)n4)cc3)=C2)CC(C)=C1/C=C\C)C(=NCc1ccccc1)N(C)C(N=C)C1=CCCC=C1. The fourth-order valence-corrected chi connectivity index (χ4v) is 11.1. The predicted molar refractivity (Wildman–Crippen MR) is 324 cm³/mol. The minimum atomic E-state index is -0.305. The van der Waals surface area contributed by atoms with Crippen LogP contribution in [0.5, 0.6) is 0 Å². The Bertz CT molecular complexity index is 3610. The molecule has 0 amide bonds. The first-order chi connectivity index (χ1) is 38.4. The number of anilines is 3. The number of amidine groups is 1. The Balaban J connectivity index is 0.924. The Morgan fingerprint density at radius 1 is 0.718 bits per heavy atom. The third-order valence-corrected chi connectivity index (χ3v) is 14.9. The van der Waals surface area contributed by atoms with E-state index in [2.05, 4.69) is 200 Å². The van der Waals surface area contributed by atoms with Crippen molar-refractivity contribution in [3.05, 3.63) is 281 Å². The van der Waals surface area contributed by atoms with Crippen molar-refractivity contribution in [1.29, 1.82) is 0 Å². The highest BCUT2D eigenvalue weighted by molar-refractivity contribution is 6.01. The average molecular weight is 1020 g/mol. The number of aromatic nitrogens is 3. The minimum absolute atomic E-state index is 0.305. The molecule has 78 heavy (non-hydrogen) atoms. The first kappa shape index (κ1) is 50.9. The van der Waals surface area contributed by atoms with Gasteiger partial charge in [-0.3, -0.25) is 9.98 Å². The van der Waals surface area contributed by atoms with E-state index in [4.69, 9.17) is 19.9 Å². The van der Waals surface area contributed by atoms with Crippen LogP contribution in [-0.4, -0.2) is 50.5 Å². The molecule has 2 aliphatic heterocycles. The number of allylic oxidation sites excluding steroid dienone is 10. The molecule has 11 rings (SSSR count). The highest BCUT2D eigenvalue weighted by atomic mass is 15.3. The first-order valence-corrected chi connectivity index (χ1v) is 27.0. The second-order valence-electron chi connectivity index (χ2n) is 20.1. The van der Waals surface area contributed by atoms with Crippen LogP contribution in [-0.2, 0) is 13.0 Å². The van der Waals surface area contributed by atoms with Gasteiger partial charge in [0.1, 0.15) is 12.0 Å². The highest BCUT2D eigenvalue weighted by Crippen LogP contribution is 2.47. The van der Waals surface area contributed by atoms with E-state index in [0.29, 0.717) is 24.0 Å². The third-order valence-electron chi connectivity index (χ3n) is 14.9. The van der Waals surface area contributed by atoms with Gasteiger partial charge in [0.2, 0.25) is 0 Å². The maximum Gasteiger partial charge on any atom is 0.164 e. The molecule has 3 heterocycles. The van der Waals surface area contributed by atoms with Gasteiger partial charge in [0, 0.05) is 70.4 Å². The number of nitrogens with zero attached hydrogens (tertiary/aromatic N) is 8. The van der Waals surface area contributed by atoms with E-state index in [9.17, 15) is 0 Å². The van der Waals surface area contributed by atoms with Crippen molar-refractivity contribution in [3.8, 4) is 34.2 Å². The van der Waals surface area contributed by atoms with Crippen LogP contribution in [0.2, 0.25) is 0 Å². The molecule has 8 heteroatoms. The van der Waals surface area contributed by atoms with E-state index < -0.39 is 0 Å². The molecule has 1 aromatic heterocycles. The summed E-state index contributed by atoms with van der Waals surface area (Å²) >= 11 is 0. The molecule has 0 saturated heterocycles. The quantitative estimate of drug-likeness (QED) is 0.0579. The van der Waals surface area contributed by atoms with Gasteiger partial charge in [-0.2, -0.15) is 0 Å². The van der Waals surface area contributed by atoms with E-state index in [1.807, 2.05) is 72.8 Å². The number of hydrogen-bond donors (Lipinski definition) is 0. The fraction of sp³-hybridized carbons (Fsp3) is 0.157. The number of fused-ring (bicyclic) bond motifs is 2. The smallest absolute Gasteiger partial charge is 0.164 e. The third kappa shape index (κ3) is 10.8. The molecule has 0 fully saturated rings. The summed E-state index contributed by atoms with van der Waals surface area (Å²) in [7, 11) is 2.07. The van der Waals surface area contributed by atoms with Crippen molar-refractivity contribution in [1.82, 2.24) is 24.8 Å². The lowest BCUT2D eigenvalue weighted by Gasteiger charge is -2.36. The van der Waals surface area contributed by atoms with Crippen LogP contribution in [0.3, 0.4) is 0 Å². The standard InChI is InChI=1S/C70H64N8/c1-6-22-54(70(72-48-50-24-12-8-13-25-50)76(5)69(71-4)55-30-18-11-19-31-55)42-43-77-62(23-7-2)49(3)44-59-35-34-57(47-65(59)77)56-38-41-64-60(45-56)46-58-32-20-21-33-63(58)78(64)61-39-36-53(37-40-61)68-74-66(51-26-14-9-15-27-51)73-67(75-68)52-28-16-10-17-29-52/h6-10,12-18,20-33,36-43,45,47,69H,1,4,11,19,34-35,44,46,48H2,2-3,5H3/b23-7-,43-42-,54-22+,72-70?. The van der Waals surface area contributed by atoms with E-state index in [1.54, 1.807) is 0 Å². The lowest BCUT2D eigenvalue weighted by molar-refractivity contribution is 0.426. The summed E-state index contributed by atoms with van der Waals surface area (Å²) in [5.41, 5.74) is 19.7. The van der Waals surface area contributed by atoms with Gasteiger partial charge in [-0.15, -0.1) is 0 Å². The summed E-state index contributed by atoms with van der Waals surface area (Å²) in [6.45, 7) is 13.1. The molecule has 0 saturated carbocycles. The van der Waals surface area contributed by atoms with Crippen molar-refractivity contribution in [2.45, 2.75) is 65.1 Å². The number of rotatable bonds is 15. The van der Waals surface area contributed by atoms with E-state index in [-0.39, 0.29) is 6.17 Å². The van der Waals surface area contributed by atoms with Gasteiger partial charge in [-0.05, 0) is 158 Å². The Labute approximate surface area is 460 Å². The number of likely N-dealkylation sites (N-methyl/N-ethyl adjacent to an activating group) is 1. The summed E-state index contributed by atoms with van der Waals surface area (Å²) in [6, 6.07) is 55.1. The first-order valence-electron chi connectivity index (χ1n) is 27.0. The molecule has 384 valence electrons. The molecule has 7 aromatic rings. The number of benzene rings is 6. The van der Waals surface area contributed by atoms with Gasteiger partial charge in [-0.1, -0.05) is 158 Å². The van der Waals surface area contributed by atoms with Gasteiger partial charge < -0.3 is 14.7 Å². The summed E-state index contributed by atoms with van der Waals surface area (Å²) in [5, 5.41) is 0. The van der Waals surface area contributed by atoms with Crippen molar-refractivity contribution in [2.24, 2.45) is 9.98 Å². The van der Waals surface area contributed by atoms with E-state index >= 15 is 0 Å². The second kappa shape index (κ2) is 23.3. The summed E-state index contributed by atoms with van der Waals surface area (Å²) in [5.74, 6) is 2.73. The molecule has 1 atom stereocenters. The van der Waals surface area contributed by atoms with Crippen molar-refractivity contribution in [2.75, 3.05) is 11.9 Å². The Hall–Kier alpha value is -9.27.